The summed E-state index contributed by atoms with van der Waals surface area (Å²) in [5, 5.41) is 1.22. The van der Waals surface area contributed by atoms with E-state index >= 15 is 0 Å². The summed E-state index contributed by atoms with van der Waals surface area (Å²) in [5.74, 6) is 0.487. The highest BCUT2D eigenvalue weighted by atomic mass is 16.2. The van der Waals surface area contributed by atoms with Crippen LogP contribution in [0.4, 0.5) is 0 Å². The molecule has 1 amide bonds. The summed E-state index contributed by atoms with van der Waals surface area (Å²) in [6.45, 7) is 1.25. The third-order valence-corrected chi connectivity index (χ3v) is 4.74. The average molecular weight is 319 g/mol. The number of carbonyl (C=O) groups excluding carboxylic acids is 1. The lowest BCUT2D eigenvalue weighted by Crippen LogP contribution is -2.32. The first kappa shape index (κ1) is 14.9. The minimum absolute atomic E-state index is 0.219. The number of nitrogens with zero attached hydrogens (tertiary/aromatic N) is 3. The number of aromatic nitrogens is 2. The van der Waals surface area contributed by atoms with E-state index in [1.165, 1.54) is 10.9 Å². The van der Waals surface area contributed by atoms with Gasteiger partial charge in [-0.3, -0.25) is 9.78 Å². The summed E-state index contributed by atoms with van der Waals surface area (Å²) in [6, 6.07) is 14.5. The average Bonchev–Trinajstić information content (AvgIpc) is 3.41. The summed E-state index contributed by atoms with van der Waals surface area (Å²) < 4.78 is 2.19. The Hall–Kier alpha value is -2.62. The van der Waals surface area contributed by atoms with Crippen molar-refractivity contribution in [1.82, 2.24) is 14.5 Å². The first-order valence-electron chi connectivity index (χ1n) is 8.43. The second-order valence-electron chi connectivity index (χ2n) is 6.58. The second-order valence-corrected chi connectivity index (χ2v) is 6.58. The van der Waals surface area contributed by atoms with Crippen LogP contribution in [-0.4, -0.2) is 20.4 Å². The lowest BCUT2D eigenvalue weighted by molar-refractivity contribution is -0.133. The Labute approximate surface area is 141 Å². The minimum Gasteiger partial charge on any atom is -0.346 e. The molecule has 2 aromatic heterocycles. The number of rotatable bonds is 5. The number of carbonyl (C=O) groups is 1. The zero-order valence-corrected chi connectivity index (χ0v) is 13.9. The number of hydrogen-bond donors (Lipinski definition) is 0. The van der Waals surface area contributed by atoms with Crippen LogP contribution in [0.3, 0.4) is 0 Å². The third-order valence-electron chi connectivity index (χ3n) is 4.74. The maximum atomic E-state index is 12.7. The number of fused-ring (bicyclic) bond motifs is 1. The van der Waals surface area contributed by atoms with E-state index in [0.717, 1.165) is 24.1 Å². The van der Waals surface area contributed by atoms with E-state index in [2.05, 4.69) is 46.9 Å². The largest absolute Gasteiger partial charge is 0.346 e. The van der Waals surface area contributed by atoms with Gasteiger partial charge in [-0.2, -0.15) is 0 Å². The SMILES string of the molecule is Cn1c(CN(Cc2cccnc2)C(=O)C2CC2)cc2ccccc21. The molecule has 0 N–H and O–H groups in total. The molecule has 1 aliphatic rings. The van der Waals surface area contributed by atoms with Gasteiger partial charge in [0.1, 0.15) is 0 Å². The van der Waals surface area contributed by atoms with Gasteiger partial charge < -0.3 is 9.47 Å². The normalized spacial score (nSPS) is 14.0. The Morgan fingerprint density at radius 2 is 2.04 bits per heavy atom. The van der Waals surface area contributed by atoms with E-state index in [1.807, 2.05) is 23.2 Å². The molecule has 24 heavy (non-hydrogen) atoms. The smallest absolute Gasteiger partial charge is 0.226 e. The van der Waals surface area contributed by atoms with Crippen molar-refractivity contribution in [1.29, 1.82) is 0 Å². The number of para-hydroxylation sites is 1. The van der Waals surface area contributed by atoms with Gasteiger partial charge in [0.25, 0.3) is 0 Å². The first-order valence-corrected chi connectivity index (χ1v) is 8.43. The minimum atomic E-state index is 0.219. The quantitative estimate of drug-likeness (QED) is 0.722. The zero-order chi connectivity index (χ0) is 16.5. The van der Waals surface area contributed by atoms with Crippen LogP contribution in [0.5, 0.6) is 0 Å². The van der Waals surface area contributed by atoms with Gasteiger partial charge in [-0.05, 0) is 42.0 Å². The van der Waals surface area contributed by atoms with Crippen LogP contribution in [0.2, 0.25) is 0 Å². The Morgan fingerprint density at radius 1 is 1.21 bits per heavy atom. The molecule has 4 nitrogen and oxygen atoms in total. The van der Waals surface area contributed by atoms with E-state index < -0.39 is 0 Å². The molecule has 2 heterocycles. The van der Waals surface area contributed by atoms with Gasteiger partial charge in [-0.25, -0.2) is 0 Å². The predicted octanol–water partition coefficient (Wildman–Crippen LogP) is 3.51. The molecular weight excluding hydrogens is 298 g/mol. The van der Waals surface area contributed by atoms with Crippen LogP contribution in [0, 0.1) is 5.92 Å². The lowest BCUT2D eigenvalue weighted by atomic mass is 10.2. The van der Waals surface area contributed by atoms with Gasteiger partial charge in [-0.15, -0.1) is 0 Å². The molecule has 0 aliphatic heterocycles. The van der Waals surface area contributed by atoms with Gasteiger partial charge >= 0.3 is 0 Å². The monoisotopic (exact) mass is 319 g/mol. The predicted molar refractivity (Wildman–Crippen MR) is 94.1 cm³/mol. The van der Waals surface area contributed by atoms with Crippen LogP contribution >= 0.6 is 0 Å². The summed E-state index contributed by atoms with van der Waals surface area (Å²) in [6.07, 6.45) is 5.66. The summed E-state index contributed by atoms with van der Waals surface area (Å²) in [7, 11) is 2.07. The molecular formula is C20H21N3O. The van der Waals surface area contributed by atoms with Gasteiger partial charge in [0.2, 0.25) is 5.91 Å². The molecule has 0 atom stereocenters. The van der Waals surface area contributed by atoms with E-state index in [4.69, 9.17) is 0 Å². The number of amides is 1. The standard InChI is InChI=1S/C20H21N3O/c1-22-18(11-17-6-2-3-7-19(17)22)14-23(20(24)16-8-9-16)13-15-5-4-10-21-12-15/h2-7,10-12,16H,8-9,13-14H2,1H3. The topological polar surface area (TPSA) is 38.1 Å². The molecule has 0 radical (unpaired) electrons. The Kier molecular flexibility index (Phi) is 3.81. The summed E-state index contributed by atoms with van der Waals surface area (Å²) >= 11 is 0. The van der Waals surface area contributed by atoms with Crippen molar-refractivity contribution >= 4 is 16.8 Å². The molecule has 0 unspecified atom stereocenters. The molecule has 0 spiro atoms. The molecule has 122 valence electrons. The van der Waals surface area contributed by atoms with Crippen molar-refractivity contribution in [2.45, 2.75) is 25.9 Å². The molecule has 3 aromatic rings. The highest BCUT2D eigenvalue weighted by Crippen LogP contribution is 2.32. The molecule has 4 heteroatoms. The first-order chi connectivity index (χ1) is 11.7. The molecule has 1 saturated carbocycles. The molecule has 0 bridgehead atoms. The number of aryl methyl sites for hydroxylation is 1. The summed E-state index contributed by atoms with van der Waals surface area (Å²) in [5.41, 5.74) is 3.44. The Balaban J connectivity index is 1.62. The van der Waals surface area contributed by atoms with Crippen molar-refractivity contribution in [3.05, 3.63) is 66.1 Å². The molecule has 4 rings (SSSR count). The van der Waals surface area contributed by atoms with Crippen LogP contribution < -0.4 is 0 Å². The molecule has 1 fully saturated rings. The third kappa shape index (κ3) is 2.92. The van der Waals surface area contributed by atoms with Crippen molar-refractivity contribution in [3.63, 3.8) is 0 Å². The van der Waals surface area contributed by atoms with Crippen LogP contribution in [0.1, 0.15) is 24.1 Å². The van der Waals surface area contributed by atoms with Crippen LogP contribution in [-0.2, 0) is 24.9 Å². The number of hydrogen-bond acceptors (Lipinski definition) is 2. The van der Waals surface area contributed by atoms with Gasteiger partial charge in [0, 0.05) is 43.1 Å². The fraction of sp³-hybridized carbons (Fsp3) is 0.300. The molecule has 0 saturated heterocycles. The second kappa shape index (κ2) is 6.11. The lowest BCUT2D eigenvalue weighted by Gasteiger charge is -2.23. The highest BCUT2D eigenvalue weighted by molar-refractivity contribution is 5.83. The van der Waals surface area contributed by atoms with E-state index in [0.29, 0.717) is 13.1 Å². The van der Waals surface area contributed by atoms with Crippen molar-refractivity contribution in [2.24, 2.45) is 13.0 Å². The van der Waals surface area contributed by atoms with Crippen molar-refractivity contribution < 1.29 is 4.79 Å². The van der Waals surface area contributed by atoms with Crippen LogP contribution in [0.15, 0.2) is 54.9 Å². The van der Waals surface area contributed by atoms with Crippen LogP contribution in [0.25, 0.3) is 10.9 Å². The number of pyridine rings is 1. The van der Waals surface area contributed by atoms with E-state index in [9.17, 15) is 4.79 Å². The molecule has 1 aliphatic carbocycles. The summed E-state index contributed by atoms with van der Waals surface area (Å²) in [4.78, 5) is 18.9. The van der Waals surface area contributed by atoms with Gasteiger partial charge in [0.15, 0.2) is 0 Å². The maximum absolute atomic E-state index is 12.7. The Bertz CT molecular complexity index is 865. The van der Waals surface area contributed by atoms with Gasteiger partial charge in [-0.1, -0.05) is 24.3 Å². The van der Waals surface area contributed by atoms with Gasteiger partial charge in [0.05, 0.1) is 6.54 Å². The highest BCUT2D eigenvalue weighted by Gasteiger charge is 2.33. The van der Waals surface area contributed by atoms with Crippen molar-refractivity contribution in [2.75, 3.05) is 0 Å². The fourth-order valence-electron chi connectivity index (χ4n) is 3.21. The zero-order valence-electron chi connectivity index (χ0n) is 13.9. The fourth-order valence-corrected chi connectivity index (χ4v) is 3.21. The van der Waals surface area contributed by atoms with Crippen molar-refractivity contribution in [3.8, 4) is 0 Å². The number of benzene rings is 1. The Morgan fingerprint density at radius 3 is 2.75 bits per heavy atom. The maximum Gasteiger partial charge on any atom is 0.226 e. The van der Waals surface area contributed by atoms with E-state index in [1.54, 1.807) is 6.20 Å². The molecule has 1 aromatic carbocycles. The van der Waals surface area contributed by atoms with E-state index in [-0.39, 0.29) is 11.8 Å².